The van der Waals surface area contributed by atoms with Gasteiger partial charge in [-0.05, 0) is 23.6 Å². The van der Waals surface area contributed by atoms with Crippen LogP contribution in [0.4, 0.5) is 0 Å². The van der Waals surface area contributed by atoms with Crippen LogP contribution >= 0.6 is 0 Å². The first-order valence-corrected chi connectivity index (χ1v) is 8.32. The summed E-state index contributed by atoms with van der Waals surface area (Å²) in [4.78, 5) is 6.01. The van der Waals surface area contributed by atoms with Gasteiger partial charge >= 0.3 is 0 Å². The molecule has 0 radical (unpaired) electrons. The summed E-state index contributed by atoms with van der Waals surface area (Å²) in [6.07, 6.45) is 1.03. The van der Waals surface area contributed by atoms with Crippen molar-refractivity contribution < 1.29 is 5.11 Å². The van der Waals surface area contributed by atoms with Crippen molar-refractivity contribution in [1.29, 1.82) is 0 Å². The fourth-order valence-corrected chi connectivity index (χ4v) is 3.74. The van der Waals surface area contributed by atoms with Crippen molar-refractivity contribution in [1.82, 2.24) is 9.88 Å². The predicted octanol–water partition coefficient (Wildman–Crippen LogP) is 3.30. The highest BCUT2D eigenvalue weighted by Crippen LogP contribution is 2.31. The summed E-state index contributed by atoms with van der Waals surface area (Å²) in [7, 11) is 0. The van der Waals surface area contributed by atoms with Crippen molar-refractivity contribution in [2.45, 2.75) is 18.9 Å². The molecule has 0 saturated carbocycles. The van der Waals surface area contributed by atoms with Gasteiger partial charge in [0.2, 0.25) is 0 Å². The molecule has 4 rings (SSSR count). The van der Waals surface area contributed by atoms with Crippen LogP contribution in [0.2, 0.25) is 0 Å². The molecule has 1 unspecified atom stereocenters. The number of para-hydroxylation sites is 1. The summed E-state index contributed by atoms with van der Waals surface area (Å²) in [6.45, 7) is 3.05. The molecule has 0 spiro atoms. The average molecular weight is 306 g/mol. The molecule has 0 fully saturated rings. The number of rotatable bonds is 3. The Hall–Kier alpha value is -2.10. The quantitative estimate of drug-likeness (QED) is 0.779. The van der Waals surface area contributed by atoms with Gasteiger partial charge < -0.3 is 10.1 Å². The van der Waals surface area contributed by atoms with Crippen LogP contribution in [0.3, 0.4) is 0 Å². The van der Waals surface area contributed by atoms with Crippen molar-refractivity contribution >= 4 is 10.9 Å². The summed E-state index contributed by atoms with van der Waals surface area (Å²) in [5.74, 6) is 0.156. The minimum atomic E-state index is 0.156. The van der Waals surface area contributed by atoms with Crippen LogP contribution in [-0.4, -0.2) is 34.7 Å². The van der Waals surface area contributed by atoms with Gasteiger partial charge in [0.1, 0.15) is 0 Å². The molecule has 1 aliphatic rings. The van der Waals surface area contributed by atoms with Gasteiger partial charge in [0, 0.05) is 42.1 Å². The lowest BCUT2D eigenvalue weighted by Gasteiger charge is -2.23. The molecule has 3 heteroatoms. The zero-order chi connectivity index (χ0) is 15.6. The van der Waals surface area contributed by atoms with E-state index in [0.717, 1.165) is 26.1 Å². The van der Waals surface area contributed by atoms with Gasteiger partial charge in [-0.1, -0.05) is 48.5 Å². The van der Waals surface area contributed by atoms with E-state index in [9.17, 15) is 5.11 Å². The lowest BCUT2D eigenvalue weighted by molar-refractivity contribution is 0.201. The second kappa shape index (κ2) is 6.19. The molecule has 2 N–H and O–H groups in total. The van der Waals surface area contributed by atoms with E-state index in [1.807, 2.05) is 0 Å². The normalized spacial score (nSPS) is 18.7. The fraction of sp³-hybridized carbons (Fsp3) is 0.300. The number of hydrogen-bond acceptors (Lipinski definition) is 2. The Morgan fingerprint density at radius 3 is 2.65 bits per heavy atom. The lowest BCUT2D eigenvalue weighted by Crippen LogP contribution is -2.29. The molecule has 1 aromatic heterocycles. The topological polar surface area (TPSA) is 39.3 Å². The van der Waals surface area contributed by atoms with Crippen molar-refractivity contribution in [2.75, 3.05) is 19.7 Å². The van der Waals surface area contributed by atoms with Crippen LogP contribution in [-0.2, 0) is 13.0 Å². The van der Waals surface area contributed by atoms with E-state index in [2.05, 4.69) is 64.5 Å². The number of nitrogens with zero attached hydrogens (tertiary/aromatic N) is 1. The standard InChI is InChI=1S/C20H22N2O/c23-14-16-13-22(12-15-6-2-1-3-7-15)11-10-18-17-8-4-5-9-19(17)21-20(16)18/h1-9,16,21,23H,10-14H2. The van der Waals surface area contributed by atoms with Crippen molar-refractivity contribution in [2.24, 2.45) is 0 Å². The zero-order valence-electron chi connectivity index (χ0n) is 13.2. The monoisotopic (exact) mass is 306 g/mol. The van der Waals surface area contributed by atoms with Crippen molar-refractivity contribution in [3.8, 4) is 0 Å². The third kappa shape index (κ3) is 2.78. The van der Waals surface area contributed by atoms with Gasteiger partial charge in [-0.2, -0.15) is 0 Å². The maximum Gasteiger partial charge on any atom is 0.0526 e. The lowest BCUT2D eigenvalue weighted by atomic mass is 10.0. The Kier molecular flexibility index (Phi) is 3.90. The van der Waals surface area contributed by atoms with Crippen LogP contribution in [0.5, 0.6) is 0 Å². The van der Waals surface area contributed by atoms with Gasteiger partial charge in [0.25, 0.3) is 0 Å². The zero-order valence-corrected chi connectivity index (χ0v) is 13.2. The highest BCUT2D eigenvalue weighted by molar-refractivity contribution is 5.85. The van der Waals surface area contributed by atoms with Gasteiger partial charge in [0.15, 0.2) is 0 Å². The van der Waals surface area contributed by atoms with Gasteiger partial charge in [-0.25, -0.2) is 0 Å². The average Bonchev–Trinajstić information content (AvgIpc) is 2.87. The molecule has 3 nitrogen and oxygen atoms in total. The molecule has 23 heavy (non-hydrogen) atoms. The van der Waals surface area contributed by atoms with Gasteiger partial charge in [-0.15, -0.1) is 0 Å². The van der Waals surface area contributed by atoms with E-state index in [1.54, 1.807) is 0 Å². The van der Waals surface area contributed by atoms with E-state index in [-0.39, 0.29) is 12.5 Å². The molecular formula is C20H22N2O. The first-order chi connectivity index (χ1) is 11.3. The molecular weight excluding hydrogens is 284 g/mol. The van der Waals surface area contributed by atoms with Crippen LogP contribution in [0.1, 0.15) is 22.7 Å². The maximum atomic E-state index is 9.93. The molecule has 2 heterocycles. The number of benzene rings is 2. The minimum absolute atomic E-state index is 0.156. The summed E-state index contributed by atoms with van der Waals surface area (Å²) in [6, 6.07) is 19.1. The number of aliphatic hydroxyl groups is 1. The summed E-state index contributed by atoms with van der Waals surface area (Å²) < 4.78 is 0. The van der Waals surface area contributed by atoms with E-state index >= 15 is 0 Å². The molecule has 0 bridgehead atoms. The van der Waals surface area contributed by atoms with Gasteiger partial charge in [-0.3, -0.25) is 4.90 Å². The van der Waals surface area contributed by atoms with Crippen LogP contribution < -0.4 is 0 Å². The largest absolute Gasteiger partial charge is 0.396 e. The number of H-pyrrole nitrogens is 1. The SMILES string of the molecule is OCC1CN(Cc2ccccc2)CCc2c1[nH]c1ccccc21. The highest BCUT2D eigenvalue weighted by Gasteiger charge is 2.25. The Morgan fingerprint density at radius 2 is 1.83 bits per heavy atom. The second-order valence-corrected chi connectivity index (χ2v) is 6.41. The predicted molar refractivity (Wildman–Crippen MR) is 93.5 cm³/mol. The number of aliphatic hydroxyl groups excluding tert-OH is 1. The fourth-order valence-electron chi connectivity index (χ4n) is 3.74. The Labute approximate surface area is 136 Å². The number of aromatic amines is 1. The number of aromatic nitrogens is 1. The van der Waals surface area contributed by atoms with Crippen LogP contribution in [0, 0.1) is 0 Å². The second-order valence-electron chi connectivity index (χ2n) is 6.41. The van der Waals surface area contributed by atoms with Crippen molar-refractivity contribution in [3.05, 3.63) is 71.4 Å². The Morgan fingerprint density at radius 1 is 1.04 bits per heavy atom. The Balaban J connectivity index is 1.63. The van der Waals surface area contributed by atoms with Crippen molar-refractivity contribution in [3.63, 3.8) is 0 Å². The molecule has 3 aromatic rings. The molecule has 1 aliphatic heterocycles. The number of hydrogen-bond donors (Lipinski definition) is 2. The van der Waals surface area contributed by atoms with E-state index in [0.29, 0.717) is 0 Å². The summed E-state index contributed by atoms with van der Waals surface area (Å²) >= 11 is 0. The van der Waals surface area contributed by atoms with Crippen LogP contribution in [0.25, 0.3) is 10.9 Å². The molecule has 1 atom stereocenters. The van der Waals surface area contributed by atoms with E-state index < -0.39 is 0 Å². The number of nitrogens with one attached hydrogen (secondary N) is 1. The number of fused-ring (bicyclic) bond motifs is 3. The summed E-state index contributed by atoms with van der Waals surface area (Å²) in [5.41, 5.74) is 5.13. The smallest absolute Gasteiger partial charge is 0.0526 e. The third-order valence-corrected chi connectivity index (χ3v) is 4.88. The molecule has 0 amide bonds. The molecule has 118 valence electrons. The van der Waals surface area contributed by atoms with Crippen LogP contribution in [0.15, 0.2) is 54.6 Å². The Bertz CT molecular complexity index is 794. The first-order valence-electron chi connectivity index (χ1n) is 8.32. The maximum absolute atomic E-state index is 9.93. The molecule has 0 saturated heterocycles. The molecule has 0 aliphatic carbocycles. The molecule has 2 aromatic carbocycles. The minimum Gasteiger partial charge on any atom is -0.396 e. The third-order valence-electron chi connectivity index (χ3n) is 4.88. The van der Waals surface area contributed by atoms with Gasteiger partial charge in [0.05, 0.1) is 6.61 Å². The van der Waals surface area contributed by atoms with E-state index in [4.69, 9.17) is 0 Å². The first kappa shape index (κ1) is 14.5. The van der Waals surface area contributed by atoms with E-state index in [1.165, 1.54) is 27.7 Å². The highest BCUT2D eigenvalue weighted by atomic mass is 16.3. The summed E-state index contributed by atoms with van der Waals surface area (Å²) in [5, 5.41) is 11.2.